The monoisotopic (exact) mass is 326 g/mol. The van der Waals surface area contributed by atoms with E-state index in [0.29, 0.717) is 5.52 Å². The zero-order valence-electron chi connectivity index (χ0n) is 9.19. The van der Waals surface area contributed by atoms with Gasteiger partial charge in [-0.2, -0.15) is 5.10 Å². The normalized spacial score (nSPS) is 11.1. The Morgan fingerprint density at radius 3 is 2.63 bits per heavy atom. The largest absolute Gasteiger partial charge is 0.303 e. The summed E-state index contributed by atoms with van der Waals surface area (Å²) in [5.74, 6) is -1.57. The van der Waals surface area contributed by atoms with Crippen LogP contribution in [0.5, 0.6) is 0 Å². The minimum absolute atomic E-state index is 0.0774. The summed E-state index contributed by atoms with van der Waals surface area (Å²) in [7, 11) is 0. The van der Waals surface area contributed by atoms with Gasteiger partial charge in [-0.25, -0.2) is 18.4 Å². The molecule has 96 valence electrons. The van der Waals surface area contributed by atoms with E-state index in [1.54, 1.807) is 0 Å². The number of rotatable bonds is 1. The maximum absolute atomic E-state index is 13.7. The van der Waals surface area contributed by atoms with Crippen LogP contribution in [0.3, 0.4) is 0 Å². The predicted octanol–water partition coefficient (Wildman–Crippen LogP) is 2.15. The molecule has 2 heterocycles. The predicted molar refractivity (Wildman–Crippen MR) is 67.1 cm³/mol. The lowest BCUT2D eigenvalue weighted by atomic mass is 10.3. The third kappa shape index (κ3) is 1.84. The van der Waals surface area contributed by atoms with Gasteiger partial charge in [0.15, 0.2) is 21.9 Å². The number of nitrogens with one attached hydrogen (secondary N) is 1. The minimum atomic E-state index is -0.784. The molecule has 0 aliphatic heterocycles. The molecular weight excluding hydrogens is 322 g/mol. The summed E-state index contributed by atoms with van der Waals surface area (Å²) in [5, 5.41) is 3.85. The van der Waals surface area contributed by atoms with Crippen molar-refractivity contribution in [1.29, 1.82) is 0 Å². The van der Waals surface area contributed by atoms with Crippen LogP contribution in [-0.4, -0.2) is 19.7 Å². The fraction of sp³-hybridized carbons (Fsp3) is 0. The highest BCUT2D eigenvalue weighted by molar-refractivity contribution is 9.10. The van der Waals surface area contributed by atoms with Crippen molar-refractivity contribution < 1.29 is 8.78 Å². The lowest BCUT2D eigenvalue weighted by Gasteiger charge is -2.05. The van der Waals surface area contributed by atoms with Crippen molar-refractivity contribution >= 4 is 27.1 Å². The summed E-state index contributed by atoms with van der Waals surface area (Å²) in [4.78, 5) is 17.9. The third-order valence-corrected chi connectivity index (χ3v) is 3.07. The van der Waals surface area contributed by atoms with E-state index in [0.717, 1.165) is 16.8 Å². The molecule has 3 rings (SSSR count). The Balaban J connectivity index is 2.38. The van der Waals surface area contributed by atoms with E-state index in [1.807, 2.05) is 0 Å². The van der Waals surface area contributed by atoms with Crippen LogP contribution in [0.15, 0.2) is 33.8 Å². The number of H-pyrrole nitrogens is 1. The molecule has 0 aliphatic rings. The number of hydrogen-bond acceptors (Lipinski definition) is 3. The van der Waals surface area contributed by atoms with Crippen LogP contribution < -0.4 is 5.56 Å². The van der Waals surface area contributed by atoms with Gasteiger partial charge in [-0.1, -0.05) is 6.07 Å². The Morgan fingerprint density at radius 1 is 1.26 bits per heavy atom. The highest BCUT2D eigenvalue weighted by atomic mass is 79.9. The van der Waals surface area contributed by atoms with E-state index in [1.165, 1.54) is 12.3 Å². The van der Waals surface area contributed by atoms with Gasteiger partial charge in [-0.3, -0.25) is 4.79 Å². The number of para-hydroxylation sites is 1. The smallest absolute Gasteiger partial charge is 0.282 e. The van der Waals surface area contributed by atoms with Gasteiger partial charge in [-0.05, 0) is 28.1 Å². The van der Waals surface area contributed by atoms with Crippen molar-refractivity contribution in [2.24, 2.45) is 0 Å². The van der Waals surface area contributed by atoms with E-state index < -0.39 is 17.2 Å². The molecule has 0 fully saturated rings. The highest BCUT2D eigenvalue weighted by Gasteiger charge is 2.16. The molecule has 0 saturated heterocycles. The third-order valence-electron chi connectivity index (χ3n) is 2.54. The van der Waals surface area contributed by atoms with Crippen LogP contribution in [0.25, 0.3) is 16.9 Å². The molecule has 8 heteroatoms. The Morgan fingerprint density at radius 2 is 1.95 bits per heavy atom. The molecule has 1 aromatic carbocycles. The average molecular weight is 327 g/mol. The molecule has 19 heavy (non-hydrogen) atoms. The lowest BCUT2D eigenvalue weighted by Crippen LogP contribution is -2.12. The van der Waals surface area contributed by atoms with Crippen LogP contribution in [-0.2, 0) is 0 Å². The Hall–Kier alpha value is -2.09. The quantitative estimate of drug-likeness (QED) is 0.745. The maximum Gasteiger partial charge on any atom is 0.282 e. The second kappa shape index (κ2) is 4.23. The Bertz CT molecular complexity index is 822. The molecule has 0 atom stereocenters. The molecule has 0 unspecified atom stereocenters. The maximum atomic E-state index is 13.7. The first kappa shape index (κ1) is 12.0. The number of benzene rings is 1. The fourth-order valence-corrected chi connectivity index (χ4v) is 2.01. The van der Waals surface area contributed by atoms with Gasteiger partial charge in [0.2, 0.25) is 0 Å². The van der Waals surface area contributed by atoms with Crippen molar-refractivity contribution in [3.8, 4) is 5.69 Å². The van der Waals surface area contributed by atoms with E-state index in [-0.39, 0.29) is 15.9 Å². The minimum Gasteiger partial charge on any atom is -0.303 e. The van der Waals surface area contributed by atoms with Gasteiger partial charge in [0.05, 0.1) is 6.20 Å². The zero-order valence-corrected chi connectivity index (χ0v) is 10.8. The van der Waals surface area contributed by atoms with Crippen molar-refractivity contribution in [2.45, 2.75) is 0 Å². The van der Waals surface area contributed by atoms with Crippen molar-refractivity contribution in [3.05, 3.63) is 51.0 Å². The van der Waals surface area contributed by atoms with E-state index in [4.69, 9.17) is 0 Å². The first-order valence-electron chi connectivity index (χ1n) is 5.16. The average Bonchev–Trinajstić information content (AvgIpc) is 2.73. The molecule has 2 aromatic heterocycles. The number of nitrogens with zero attached hydrogens (tertiary/aromatic N) is 3. The molecular formula is C11H5BrF2N4O. The molecule has 3 aromatic rings. The van der Waals surface area contributed by atoms with Gasteiger partial charge in [0.25, 0.3) is 5.56 Å². The van der Waals surface area contributed by atoms with Crippen LogP contribution in [0.2, 0.25) is 0 Å². The number of aromatic amines is 1. The molecule has 5 nitrogen and oxygen atoms in total. The molecule has 0 aliphatic carbocycles. The first-order chi connectivity index (χ1) is 9.08. The number of fused-ring (bicyclic) bond motifs is 1. The van der Waals surface area contributed by atoms with E-state index in [2.05, 4.69) is 31.0 Å². The van der Waals surface area contributed by atoms with Crippen LogP contribution in [0, 0.1) is 11.6 Å². The van der Waals surface area contributed by atoms with E-state index >= 15 is 0 Å². The molecule has 1 N–H and O–H groups in total. The Kier molecular flexibility index (Phi) is 2.67. The zero-order chi connectivity index (χ0) is 13.6. The van der Waals surface area contributed by atoms with Crippen molar-refractivity contribution in [2.75, 3.05) is 0 Å². The standard InChI is InChI=1S/C11H5BrF2N4O/c12-9-11(19)17-10-7(16-9)4-15-18(10)8-5(13)2-1-3-6(8)14/h1-4H,(H,17,19). The fourth-order valence-electron chi connectivity index (χ4n) is 1.72. The molecule has 0 spiro atoms. The topological polar surface area (TPSA) is 63.6 Å². The van der Waals surface area contributed by atoms with Crippen LogP contribution in [0.1, 0.15) is 0 Å². The summed E-state index contributed by atoms with van der Waals surface area (Å²) in [6, 6.07) is 3.46. The second-order valence-corrected chi connectivity index (χ2v) is 4.47. The summed E-state index contributed by atoms with van der Waals surface area (Å²) in [6.45, 7) is 0. The van der Waals surface area contributed by atoms with Crippen molar-refractivity contribution in [3.63, 3.8) is 0 Å². The molecule has 0 radical (unpaired) electrons. The second-order valence-electron chi connectivity index (χ2n) is 3.72. The van der Waals surface area contributed by atoms with Crippen molar-refractivity contribution in [1.82, 2.24) is 19.7 Å². The van der Waals surface area contributed by atoms with Crippen LogP contribution in [0.4, 0.5) is 8.78 Å². The van der Waals surface area contributed by atoms with Gasteiger partial charge >= 0.3 is 0 Å². The van der Waals surface area contributed by atoms with Gasteiger partial charge in [0, 0.05) is 0 Å². The summed E-state index contributed by atoms with van der Waals surface area (Å²) < 4.78 is 28.4. The molecule has 0 bridgehead atoms. The van der Waals surface area contributed by atoms with Gasteiger partial charge in [-0.15, -0.1) is 0 Å². The first-order valence-corrected chi connectivity index (χ1v) is 5.95. The summed E-state index contributed by atoms with van der Waals surface area (Å²) >= 11 is 2.97. The van der Waals surface area contributed by atoms with Crippen LogP contribution >= 0.6 is 15.9 Å². The number of halogens is 3. The molecule has 0 amide bonds. The molecule has 0 saturated carbocycles. The summed E-state index contributed by atoms with van der Waals surface area (Å²) in [6.07, 6.45) is 1.31. The van der Waals surface area contributed by atoms with Gasteiger partial charge in [0.1, 0.15) is 11.2 Å². The van der Waals surface area contributed by atoms with Gasteiger partial charge < -0.3 is 4.98 Å². The number of aromatic nitrogens is 4. The lowest BCUT2D eigenvalue weighted by molar-refractivity contribution is 0.562. The Labute approximate surface area is 113 Å². The highest BCUT2D eigenvalue weighted by Crippen LogP contribution is 2.20. The van der Waals surface area contributed by atoms with E-state index in [9.17, 15) is 13.6 Å². The SMILES string of the molecule is O=c1[nH]c2c(cnn2-c2c(F)cccc2F)nc1Br. The summed E-state index contributed by atoms with van der Waals surface area (Å²) in [5.41, 5.74) is -0.436. The number of hydrogen-bond donors (Lipinski definition) is 1.